The van der Waals surface area contributed by atoms with Gasteiger partial charge in [-0.15, -0.1) is 0 Å². The third-order valence-corrected chi connectivity index (χ3v) is 4.55. The van der Waals surface area contributed by atoms with Crippen LogP contribution in [-0.4, -0.2) is 50.5 Å². The molecule has 0 aliphatic carbocycles. The maximum atomic E-state index is 10.5. The molecule has 1 unspecified atom stereocenters. The first-order valence-corrected chi connectivity index (χ1v) is 10.1. The summed E-state index contributed by atoms with van der Waals surface area (Å²) >= 11 is 0. The van der Waals surface area contributed by atoms with E-state index in [1.807, 2.05) is 31.2 Å². The molecule has 0 aromatic heterocycles. The average molecular weight is 364 g/mol. The number of hydrogen-bond acceptors (Lipinski definition) is 8. The molecule has 10 heteroatoms. The molecule has 8 nitrogen and oxygen atoms in total. The first-order chi connectivity index (χ1) is 10.6. The summed E-state index contributed by atoms with van der Waals surface area (Å²) in [6.07, 6.45) is 0. The molecule has 0 aliphatic heterocycles. The standard InChI is InChI=1S/C13H22N2O6S2/c1-11(15-7-9-23(19,20)21)13-4-2-12(3-5-13)10-14-6-8-22(16,17)18/h2-5,11,14-15H,6-10H2,1H3,(H,16,17,18)(H,19,20,21)/p-2. The number of nitrogens with one attached hydrogen (secondary N) is 2. The van der Waals surface area contributed by atoms with Gasteiger partial charge >= 0.3 is 0 Å². The van der Waals surface area contributed by atoms with E-state index in [-0.39, 0.29) is 19.1 Å². The van der Waals surface area contributed by atoms with Crippen LogP contribution in [0, 0.1) is 0 Å². The minimum Gasteiger partial charge on any atom is -0.748 e. The van der Waals surface area contributed by atoms with E-state index in [0.717, 1.165) is 11.1 Å². The first-order valence-electron chi connectivity index (χ1n) is 6.97. The van der Waals surface area contributed by atoms with E-state index in [1.165, 1.54) is 0 Å². The van der Waals surface area contributed by atoms with Gasteiger partial charge in [0.1, 0.15) is 0 Å². The predicted molar refractivity (Wildman–Crippen MR) is 83.7 cm³/mol. The van der Waals surface area contributed by atoms with Crippen molar-refractivity contribution in [3.8, 4) is 0 Å². The number of benzene rings is 1. The van der Waals surface area contributed by atoms with Crippen molar-refractivity contribution in [3.05, 3.63) is 35.4 Å². The van der Waals surface area contributed by atoms with E-state index < -0.39 is 31.7 Å². The van der Waals surface area contributed by atoms with Crippen molar-refractivity contribution in [1.82, 2.24) is 10.6 Å². The quantitative estimate of drug-likeness (QED) is 0.419. The SMILES string of the molecule is CC(NCCS(=O)(=O)[O-])c1ccc(CNCCS(=O)(=O)[O-])cc1. The van der Waals surface area contributed by atoms with Gasteiger partial charge in [0.2, 0.25) is 0 Å². The molecule has 0 bridgehead atoms. The second-order valence-corrected chi connectivity index (χ2v) is 8.16. The second kappa shape index (κ2) is 8.71. The van der Waals surface area contributed by atoms with E-state index in [1.54, 1.807) is 0 Å². The molecule has 1 rings (SSSR count). The van der Waals surface area contributed by atoms with Crippen LogP contribution >= 0.6 is 0 Å². The topological polar surface area (TPSA) is 138 Å². The van der Waals surface area contributed by atoms with E-state index >= 15 is 0 Å². The van der Waals surface area contributed by atoms with Crippen LogP contribution in [-0.2, 0) is 26.8 Å². The summed E-state index contributed by atoms with van der Waals surface area (Å²) in [4.78, 5) is 0. The third-order valence-electron chi connectivity index (χ3n) is 3.14. The van der Waals surface area contributed by atoms with Gasteiger partial charge in [0.05, 0.1) is 31.7 Å². The van der Waals surface area contributed by atoms with E-state index in [0.29, 0.717) is 6.54 Å². The molecule has 2 N–H and O–H groups in total. The normalized spacial score (nSPS) is 13.9. The van der Waals surface area contributed by atoms with Crippen LogP contribution in [0.25, 0.3) is 0 Å². The van der Waals surface area contributed by atoms with Crippen molar-refractivity contribution in [1.29, 1.82) is 0 Å². The minimum atomic E-state index is -4.22. The fraction of sp³-hybridized carbons (Fsp3) is 0.538. The van der Waals surface area contributed by atoms with Crippen LogP contribution < -0.4 is 10.6 Å². The fourth-order valence-electron chi connectivity index (χ4n) is 1.87. The molecule has 0 saturated heterocycles. The van der Waals surface area contributed by atoms with Gasteiger partial charge in [0.15, 0.2) is 0 Å². The molecule has 0 fully saturated rings. The lowest BCUT2D eigenvalue weighted by atomic mass is 10.1. The van der Waals surface area contributed by atoms with E-state index in [9.17, 15) is 25.9 Å². The van der Waals surface area contributed by atoms with E-state index in [2.05, 4.69) is 10.6 Å². The predicted octanol–water partition coefficient (Wildman–Crippen LogP) is -0.483. The van der Waals surface area contributed by atoms with Crippen molar-refractivity contribution >= 4 is 20.2 Å². The third kappa shape index (κ3) is 9.64. The minimum absolute atomic E-state index is 0.0833. The molecule has 0 spiro atoms. The van der Waals surface area contributed by atoms with Gasteiger partial charge < -0.3 is 19.7 Å². The summed E-state index contributed by atoms with van der Waals surface area (Å²) in [5, 5.41) is 5.81. The van der Waals surface area contributed by atoms with E-state index in [4.69, 9.17) is 0 Å². The van der Waals surface area contributed by atoms with Gasteiger partial charge in [-0.2, -0.15) is 0 Å². The molecule has 0 saturated carbocycles. The van der Waals surface area contributed by atoms with Gasteiger partial charge in [0, 0.05) is 25.7 Å². The Kier molecular flexibility index (Phi) is 7.58. The summed E-state index contributed by atoms with van der Waals surface area (Å²) in [5.74, 6) is -0.906. The lowest BCUT2D eigenvalue weighted by molar-refractivity contribution is 0.457. The molecule has 0 heterocycles. The Hall–Kier alpha value is -1.04. The molecule has 0 amide bonds. The van der Waals surface area contributed by atoms with Gasteiger partial charge in [-0.25, -0.2) is 16.8 Å². The Morgan fingerprint density at radius 1 is 0.957 bits per heavy atom. The summed E-state index contributed by atoms with van der Waals surface area (Å²) in [7, 11) is -8.42. The number of rotatable bonds is 10. The molecule has 23 heavy (non-hydrogen) atoms. The highest BCUT2D eigenvalue weighted by molar-refractivity contribution is 7.85. The molecular formula is C13H20N2O6S2-2. The first kappa shape index (κ1) is 20.0. The zero-order valence-corrected chi connectivity index (χ0v) is 14.3. The van der Waals surface area contributed by atoms with Crippen LogP contribution in [0.1, 0.15) is 24.1 Å². The lowest BCUT2D eigenvalue weighted by Gasteiger charge is -2.16. The van der Waals surface area contributed by atoms with Crippen molar-refractivity contribution in [2.24, 2.45) is 0 Å². The van der Waals surface area contributed by atoms with Gasteiger partial charge in [-0.1, -0.05) is 24.3 Å². The second-order valence-electron chi connectivity index (χ2n) is 5.12. The summed E-state index contributed by atoms with van der Waals surface area (Å²) < 4.78 is 62.9. The Morgan fingerprint density at radius 3 is 2.00 bits per heavy atom. The summed E-state index contributed by atoms with van der Waals surface area (Å²) in [6.45, 7) is 2.46. The molecule has 132 valence electrons. The molecule has 0 aliphatic rings. The zero-order valence-electron chi connectivity index (χ0n) is 12.7. The fourth-order valence-corrected chi connectivity index (χ4v) is 2.63. The summed E-state index contributed by atoms with van der Waals surface area (Å²) in [6, 6.07) is 7.28. The Labute approximate surface area is 136 Å². The monoisotopic (exact) mass is 364 g/mol. The maximum absolute atomic E-state index is 10.5. The van der Waals surface area contributed by atoms with Gasteiger partial charge in [-0.3, -0.25) is 0 Å². The molecule has 0 radical (unpaired) electrons. The van der Waals surface area contributed by atoms with Crippen molar-refractivity contribution in [2.75, 3.05) is 24.6 Å². The van der Waals surface area contributed by atoms with Gasteiger partial charge in [-0.05, 0) is 18.1 Å². The van der Waals surface area contributed by atoms with Crippen LogP contribution in [0.4, 0.5) is 0 Å². The van der Waals surface area contributed by atoms with Crippen molar-refractivity contribution in [3.63, 3.8) is 0 Å². The van der Waals surface area contributed by atoms with Crippen LogP contribution in [0.15, 0.2) is 24.3 Å². The lowest BCUT2D eigenvalue weighted by Crippen LogP contribution is -2.25. The smallest absolute Gasteiger partial charge is 0.0958 e. The highest BCUT2D eigenvalue weighted by Crippen LogP contribution is 2.13. The largest absolute Gasteiger partial charge is 0.748 e. The van der Waals surface area contributed by atoms with Crippen molar-refractivity contribution < 1.29 is 25.9 Å². The van der Waals surface area contributed by atoms with Crippen molar-refractivity contribution in [2.45, 2.75) is 19.5 Å². The molecule has 1 aromatic rings. The van der Waals surface area contributed by atoms with Crippen LogP contribution in [0.2, 0.25) is 0 Å². The molecule has 1 atom stereocenters. The van der Waals surface area contributed by atoms with Crippen LogP contribution in [0.5, 0.6) is 0 Å². The average Bonchev–Trinajstić information content (AvgIpc) is 2.42. The van der Waals surface area contributed by atoms with Gasteiger partial charge in [0.25, 0.3) is 0 Å². The number of hydrogen-bond donors (Lipinski definition) is 2. The Bertz CT molecular complexity index is 686. The molecule has 1 aromatic carbocycles. The molecular weight excluding hydrogens is 344 g/mol. The maximum Gasteiger partial charge on any atom is 0.0958 e. The Morgan fingerprint density at radius 2 is 1.48 bits per heavy atom. The highest BCUT2D eigenvalue weighted by atomic mass is 32.2. The summed E-state index contributed by atoms with van der Waals surface area (Å²) in [5.41, 5.74) is 1.85. The Balaban J connectivity index is 2.40. The van der Waals surface area contributed by atoms with Crippen LogP contribution in [0.3, 0.4) is 0 Å². The zero-order chi connectivity index (χ0) is 17.5. The highest BCUT2D eigenvalue weighted by Gasteiger charge is 2.05.